The van der Waals surface area contributed by atoms with Crippen molar-refractivity contribution < 1.29 is 28.6 Å². The van der Waals surface area contributed by atoms with E-state index in [1.165, 1.54) is 7.11 Å². The van der Waals surface area contributed by atoms with E-state index in [0.29, 0.717) is 6.61 Å². The van der Waals surface area contributed by atoms with Crippen LogP contribution < -0.4 is 0 Å². The summed E-state index contributed by atoms with van der Waals surface area (Å²) < 4.78 is 23.5. The van der Waals surface area contributed by atoms with Crippen LogP contribution in [0.4, 0.5) is 0 Å². The average molecular weight is 351 g/mol. The fourth-order valence-electron chi connectivity index (χ4n) is 3.45. The summed E-state index contributed by atoms with van der Waals surface area (Å²) in [5, 5.41) is 1.15. The maximum absolute atomic E-state index is 12.5. The van der Waals surface area contributed by atoms with Crippen LogP contribution in [0, 0.1) is 5.92 Å². The molecule has 2 aliphatic heterocycles. The number of amides is 1. The summed E-state index contributed by atoms with van der Waals surface area (Å²) in [6.45, 7) is 2.36. The van der Waals surface area contributed by atoms with E-state index in [2.05, 4.69) is 0 Å². The maximum Gasteiger partial charge on any atom is 0.277 e. The number of likely N-dealkylation sites (N-methyl/N-ethyl adjacent to an activating group) is 1. The van der Waals surface area contributed by atoms with E-state index < -0.39 is 18.5 Å². The van der Waals surface area contributed by atoms with Gasteiger partial charge in [-0.15, -0.1) is 0 Å². The Bertz CT molecular complexity index is 582. The van der Waals surface area contributed by atoms with Gasteiger partial charge in [0.2, 0.25) is 0 Å². The molecular weight excluding hydrogens is 326 g/mol. The monoisotopic (exact) mass is 351 g/mol. The molecule has 0 aromatic heterocycles. The van der Waals surface area contributed by atoms with Crippen LogP contribution in [0.3, 0.4) is 0 Å². The molecule has 0 N–H and O–H groups in total. The van der Waals surface area contributed by atoms with Gasteiger partial charge in [0.1, 0.15) is 6.10 Å². The third-order valence-electron chi connectivity index (χ3n) is 4.89. The fraction of sp³-hybridized carbons (Fsp3) is 0.611. The second-order valence-corrected chi connectivity index (χ2v) is 6.35. The maximum atomic E-state index is 12.5. The van der Waals surface area contributed by atoms with Gasteiger partial charge in [-0.1, -0.05) is 37.3 Å². The molecule has 0 spiro atoms. The Kier molecular flexibility index (Phi) is 5.71. The topological polar surface area (TPSA) is 66.5 Å². The molecule has 25 heavy (non-hydrogen) atoms. The minimum atomic E-state index is -0.758. The molecule has 1 aromatic carbocycles. The van der Waals surface area contributed by atoms with E-state index >= 15 is 0 Å². The number of ether oxygens (including phenoxy) is 4. The van der Waals surface area contributed by atoms with Gasteiger partial charge in [-0.05, 0) is 0 Å². The molecule has 4 unspecified atom stereocenters. The second-order valence-electron chi connectivity index (χ2n) is 6.35. The van der Waals surface area contributed by atoms with Crippen LogP contribution in [0.15, 0.2) is 30.3 Å². The Morgan fingerprint density at radius 3 is 2.56 bits per heavy atom. The van der Waals surface area contributed by atoms with Crippen LogP contribution >= 0.6 is 0 Å². The molecule has 6 atom stereocenters. The SMILES string of the molecule is COC1C(C)[C@H]2OC(c3ccccc3)OCC2O[C@H]1C(=O)N(C)OC. The van der Waals surface area contributed by atoms with Crippen molar-refractivity contribution in [3.63, 3.8) is 0 Å². The van der Waals surface area contributed by atoms with Crippen molar-refractivity contribution in [2.24, 2.45) is 5.92 Å². The number of rotatable bonds is 4. The number of benzene rings is 1. The molecule has 2 heterocycles. The number of fused-ring (bicyclic) bond motifs is 1. The molecule has 7 nitrogen and oxygen atoms in total. The lowest BCUT2D eigenvalue weighted by Crippen LogP contribution is -2.62. The molecule has 1 aromatic rings. The highest BCUT2D eigenvalue weighted by molar-refractivity contribution is 5.80. The molecule has 0 bridgehead atoms. The molecule has 7 heteroatoms. The molecule has 2 aliphatic rings. The van der Waals surface area contributed by atoms with E-state index in [1.807, 2.05) is 37.3 Å². The summed E-state index contributed by atoms with van der Waals surface area (Å²) in [7, 11) is 4.56. The molecule has 2 fully saturated rings. The average Bonchev–Trinajstić information content (AvgIpc) is 2.67. The predicted octanol–water partition coefficient (Wildman–Crippen LogP) is 1.54. The summed E-state index contributed by atoms with van der Waals surface area (Å²) in [5.74, 6) is -0.331. The lowest BCUT2D eigenvalue weighted by Gasteiger charge is -2.48. The lowest BCUT2D eigenvalue weighted by molar-refractivity contribution is -0.318. The van der Waals surface area contributed by atoms with E-state index in [9.17, 15) is 4.79 Å². The van der Waals surface area contributed by atoms with Gasteiger partial charge >= 0.3 is 0 Å². The molecule has 138 valence electrons. The standard InChI is InChI=1S/C18H25NO6/c1-11-14-13(10-23-18(25-14)12-8-6-5-7-9-12)24-16(15(11)21-3)17(20)19(2)22-4/h5-9,11,13-16,18H,10H2,1-4H3/t11?,13?,14-,15?,16-,18?/m1/s1. The summed E-state index contributed by atoms with van der Waals surface area (Å²) in [6.07, 6.45) is -2.19. The fourth-order valence-corrected chi connectivity index (χ4v) is 3.45. The highest BCUT2D eigenvalue weighted by Crippen LogP contribution is 2.38. The normalized spacial score (nSPS) is 35.0. The lowest BCUT2D eigenvalue weighted by atomic mass is 9.86. The molecule has 0 aliphatic carbocycles. The molecule has 1 amide bonds. The van der Waals surface area contributed by atoms with Crippen molar-refractivity contribution in [1.29, 1.82) is 0 Å². The van der Waals surface area contributed by atoms with Crippen LogP contribution in [-0.2, 0) is 28.6 Å². The predicted molar refractivity (Wildman–Crippen MR) is 88.4 cm³/mol. The van der Waals surface area contributed by atoms with Crippen LogP contribution in [0.25, 0.3) is 0 Å². The highest BCUT2D eigenvalue weighted by Gasteiger charge is 2.51. The first-order valence-corrected chi connectivity index (χ1v) is 8.38. The number of hydrogen-bond donors (Lipinski definition) is 0. The van der Waals surface area contributed by atoms with Crippen molar-refractivity contribution in [1.82, 2.24) is 5.06 Å². The van der Waals surface area contributed by atoms with Crippen molar-refractivity contribution in [3.05, 3.63) is 35.9 Å². The van der Waals surface area contributed by atoms with Crippen molar-refractivity contribution in [2.45, 2.75) is 37.6 Å². The first-order chi connectivity index (χ1) is 12.1. The Morgan fingerprint density at radius 1 is 1.20 bits per heavy atom. The summed E-state index contributed by atoms with van der Waals surface area (Å²) in [6, 6.07) is 9.77. The van der Waals surface area contributed by atoms with Crippen LogP contribution in [0.1, 0.15) is 18.8 Å². The van der Waals surface area contributed by atoms with Gasteiger partial charge in [0, 0.05) is 25.6 Å². The molecular formula is C18H25NO6. The minimum Gasteiger partial charge on any atom is -0.378 e. The van der Waals surface area contributed by atoms with Crippen molar-refractivity contribution in [2.75, 3.05) is 27.9 Å². The van der Waals surface area contributed by atoms with E-state index in [4.69, 9.17) is 23.8 Å². The Balaban J connectivity index is 1.76. The third-order valence-corrected chi connectivity index (χ3v) is 4.89. The van der Waals surface area contributed by atoms with E-state index in [1.54, 1.807) is 14.2 Å². The Hall–Kier alpha value is -1.51. The zero-order valence-electron chi connectivity index (χ0n) is 15.0. The molecule has 2 saturated heterocycles. The Morgan fingerprint density at radius 2 is 1.92 bits per heavy atom. The van der Waals surface area contributed by atoms with E-state index in [0.717, 1.165) is 10.6 Å². The smallest absolute Gasteiger partial charge is 0.277 e. The van der Waals surface area contributed by atoms with Gasteiger partial charge in [-0.25, -0.2) is 5.06 Å². The summed E-state index contributed by atoms with van der Waals surface area (Å²) in [5.41, 5.74) is 0.958. The van der Waals surface area contributed by atoms with Gasteiger partial charge in [0.05, 0.1) is 25.9 Å². The number of carbonyl (C=O) groups excluding carboxylic acids is 1. The second kappa shape index (κ2) is 7.80. The van der Waals surface area contributed by atoms with Gasteiger partial charge < -0.3 is 18.9 Å². The van der Waals surface area contributed by atoms with Crippen molar-refractivity contribution >= 4 is 5.91 Å². The van der Waals surface area contributed by atoms with Crippen molar-refractivity contribution in [3.8, 4) is 0 Å². The third kappa shape index (κ3) is 3.56. The Labute approximate surface area is 147 Å². The summed E-state index contributed by atoms with van der Waals surface area (Å²) in [4.78, 5) is 17.5. The quantitative estimate of drug-likeness (QED) is 0.767. The van der Waals surface area contributed by atoms with Gasteiger partial charge in [-0.2, -0.15) is 0 Å². The zero-order valence-corrected chi connectivity index (χ0v) is 15.0. The molecule has 0 radical (unpaired) electrons. The summed E-state index contributed by atoms with van der Waals surface area (Å²) >= 11 is 0. The zero-order chi connectivity index (χ0) is 18.0. The molecule has 3 rings (SSSR count). The van der Waals surface area contributed by atoms with Crippen LogP contribution in [0.5, 0.6) is 0 Å². The largest absolute Gasteiger partial charge is 0.378 e. The van der Waals surface area contributed by atoms with Gasteiger partial charge in [0.25, 0.3) is 5.91 Å². The van der Waals surface area contributed by atoms with E-state index in [-0.39, 0.29) is 24.0 Å². The first-order valence-electron chi connectivity index (χ1n) is 8.38. The van der Waals surface area contributed by atoms with Crippen LogP contribution in [-0.4, -0.2) is 63.3 Å². The number of hydrogen-bond acceptors (Lipinski definition) is 6. The van der Waals surface area contributed by atoms with Gasteiger partial charge in [0.15, 0.2) is 12.4 Å². The number of hydroxylamine groups is 2. The number of methoxy groups -OCH3 is 1. The van der Waals surface area contributed by atoms with Crippen LogP contribution in [0.2, 0.25) is 0 Å². The first kappa shape index (κ1) is 18.3. The minimum absolute atomic E-state index is 0.0435. The van der Waals surface area contributed by atoms with Gasteiger partial charge in [-0.3, -0.25) is 9.63 Å². The number of carbonyl (C=O) groups is 1. The number of nitrogens with zero attached hydrogens (tertiary/aromatic N) is 1. The highest BCUT2D eigenvalue weighted by atomic mass is 16.7. The molecule has 0 saturated carbocycles.